The SMILES string of the molecule is COc1cccc(OC)c1-n1c(NSC(C)Cc2nc(C)c(C)s2)nnc1-c1cncc(C)c1. The Morgan fingerprint density at radius 3 is 2.44 bits per heavy atom. The Hall–Kier alpha value is -3.11. The summed E-state index contributed by atoms with van der Waals surface area (Å²) in [4.78, 5) is 10.3. The van der Waals surface area contributed by atoms with Gasteiger partial charge in [0, 0.05) is 34.5 Å². The number of aromatic nitrogens is 5. The third-order valence-corrected chi connectivity index (χ3v) is 7.27. The monoisotopic (exact) mass is 496 g/mol. The zero-order valence-electron chi connectivity index (χ0n) is 20.1. The molecular formula is C24H28N6O2S2. The summed E-state index contributed by atoms with van der Waals surface area (Å²) in [6.45, 7) is 8.33. The summed E-state index contributed by atoms with van der Waals surface area (Å²) >= 11 is 3.33. The molecule has 0 aliphatic carbocycles. The van der Waals surface area contributed by atoms with Crippen molar-refractivity contribution in [3.63, 3.8) is 0 Å². The van der Waals surface area contributed by atoms with Gasteiger partial charge in [0.1, 0.15) is 17.2 Å². The van der Waals surface area contributed by atoms with Gasteiger partial charge in [-0.15, -0.1) is 21.5 Å². The van der Waals surface area contributed by atoms with Gasteiger partial charge in [-0.2, -0.15) is 0 Å². The van der Waals surface area contributed by atoms with Crippen molar-refractivity contribution >= 4 is 29.2 Å². The van der Waals surface area contributed by atoms with Crippen molar-refractivity contribution in [3.8, 4) is 28.6 Å². The van der Waals surface area contributed by atoms with E-state index in [0.717, 1.165) is 33.9 Å². The second-order valence-corrected chi connectivity index (χ2v) is 10.5. The van der Waals surface area contributed by atoms with E-state index in [0.29, 0.717) is 23.3 Å². The summed E-state index contributed by atoms with van der Waals surface area (Å²) in [6, 6.07) is 7.70. The van der Waals surface area contributed by atoms with Crippen molar-refractivity contribution < 1.29 is 9.47 Å². The predicted molar refractivity (Wildman–Crippen MR) is 138 cm³/mol. The first-order chi connectivity index (χ1) is 16.4. The molecule has 0 radical (unpaired) electrons. The van der Waals surface area contributed by atoms with E-state index < -0.39 is 0 Å². The molecule has 0 fully saturated rings. The molecule has 1 atom stereocenters. The molecule has 8 nitrogen and oxygen atoms in total. The Kier molecular flexibility index (Phi) is 7.38. The highest BCUT2D eigenvalue weighted by Gasteiger charge is 2.23. The van der Waals surface area contributed by atoms with E-state index in [1.807, 2.05) is 42.0 Å². The first kappa shape index (κ1) is 24.0. The fraction of sp³-hybridized carbons (Fsp3) is 0.333. The van der Waals surface area contributed by atoms with Gasteiger partial charge in [0.2, 0.25) is 5.95 Å². The maximum Gasteiger partial charge on any atom is 0.239 e. The third-order valence-electron chi connectivity index (χ3n) is 5.31. The first-order valence-electron chi connectivity index (χ1n) is 10.8. The molecule has 4 rings (SSSR count). The lowest BCUT2D eigenvalue weighted by Crippen LogP contribution is -2.10. The molecular weight excluding hydrogens is 468 g/mol. The van der Waals surface area contributed by atoms with Crippen molar-refractivity contribution in [2.24, 2.45) is 0 Å². The maximum atomic E-state index is 5.69. The van der Waals surface area contributed by atoms with E-state index in [9.17, 15) is 0 Å². The van der Waals surface area contributed by atoms with E-state index in [1.165, 1.54) is 4.88 Å². The number of hydrogen-bond donors (Lipinski definition) is 1. The number of benzene rings is 1. The van der Waals surface area contributed by atoms with Crippen LogP contribution in [-0.4, -0.2) is 44.2 Å². The number of aryl methyl sites for hydroxylation is 3. The van der Waals surface area contributed by atoms with Gasteiger partial charge in [0.15, 0.2) is 5.82 Å². The van der Waals surface area contributed by atoms with Gasteiger partial charge in [-0.25, -0.2) is 4.98 Å². The number of rotatable bonds is 9. The Balaban J connectivity index is 1.71. The molecule has 1 N–H and O–H groups in total. The average Bonchev–Trinajstić information content (AvgIpc) is 3.39. The van der Waals surface area contributed by atoms with Crippen LogP contribution in [0.25, 0.3) is 17.1 Å². The second-order valence-electron chi connectivity index (χ2n) is 7.93. The molecule has 0 spiro atoms. The first-order valence-corrected chi connectivity index (χ1v) is 12.5. The van der Waals surface area contributed by atoms with Crippen LogP contribution >= 0.6 is 23.3 Å². The summed E-state index contributed by atoms with van der Waals surface area (Å²) in [5, 5.41) is 10.4. The van der Waals surface area contributed by atoms with E-state index in [4.69, 9.17) is 9.47 Å². The number of methoxy groups -OCH3 is 2. The van der Waals surface area contributed by atoms with Crippen molar-refractivity contribution in [1.29, 1.82) is 0 Å². The standard InChI is InChI=1S/C24H28N6O2S2/c1-14-10-18(13-25-12-14)23-27-28-24(29-34-15(2)11-21-26-16(3)17(4)33-21)30(23)22-19(31-5)8-7-9-20(22)32-6/h7-10,12-13,15H,11H2,1-6H3,(H,28,29). The minimum atomic E-state index is 0.263. The van der Waals surface area contributed by atoms with Gasteiger partial charge < -0.3 is 9.47 Å². The number of nitrogens with one attached hydrogen (secondary N) is 1. The summed E-state index contributed by atoms with van der Waals surface area (Å²) < 4.78 is 16.7. The maximum absolute atomic E-state index is 5.69. The second kappa shape index (κ2) is 10.4. The smallest absolute Gasteiger partial charge is 0.239 e. The number of pyridine rings is 1. The van der Waals surface area contributed by atoms with E-state index >= 15 is 0 Å². The Bertz CT molecular complexity index is 1240. The minimum Gasteiger partial charge on any atom is -0.494 e. The molecule has 0 saturated carbocycles. The largest absolute Gasteiger partial charge is 0.494 e. The quantitative estimate of drug-likeness (QED) is 0.307. The topological polar surface area (TPSA) is 87.0 Å². The van der Waals surface area contributed by atoms with Gasteiger partial charge in [0.05, 0.1) is 24.9 Å². The van der Waals surface area contributed by atoms with Crippen LogP contribution in [-0.2, 0) is 6.42 Å². The number of anilines is 1. The van der Waals surface area contributed by atoms with Gasteiger partial charge >= 0.3 is 0 Å². The molecule has 3 aromatic heterocycles. The van der Waals surface area contributed by atoms with E-state index in [-0.39, 0.29) is 5.25 Å². The predicted octanol–water partition coefficient (Wildman–Crippen LogP) is 5.42. The lowest BCUT2D eigenvalue weighted by atomic mass is 10.2. The van der Waals surface area contributed by atoms with Gasteiger partial charge in [-0.1, -0.05) is 13.0 Å². The third kappa shape index (κ3) is 5.02. The molecule has 10 heteroatoms. The summed E-state index contributed by atoms with van der Waals surface area (Å²) in [6.07, 6.45) is 4.45. The fourth-order valence-electron chi connectivity index (χ4n) is 3.55. The van der Waals surface area contributed by atoms with Crippen LogP contribution < -0.4 is 14.2 Å². The van der Waals surface area contributed by atoms with Gasteiger partial charge in [-0.3, -0.25) is 14.3 Å². The number of ether oxygens (including phenoxy) is 2. The highest BCUT2D eigenvalue weighted by atomic mass is 32.2. The Morgan fingerprint density at radius 2 is 1.82 bits per heavy atom. The molecule has 34 heavy (non-hydrogen) atoms. The molecule has 1 unspecified atom stereocenters. The van der Waals surface area contributed by atoms with Crippen LogP contribution in [0, 0.1) is 20.8 Å². The van der Waals surface area contributed by atoms with Crippen molar-refractivity contribution in [2.75, 3.05) is 18.9 Å². The molecule has 0 amide bonds. The lowest BCUT2D eigenvalue weighted by molar-refractivity contribution is 0.391. The Labute approximate surface area is 207 Å². The summed E-state index contributed by atoms with van der Waals surface area (Å²) in [5.41, 5.74) is 3.70. The number of para-hydroxylation sites is 1. The Morgan fingerprint density at radius 1 is 1.09 bits per heavy atom. The van der Waals surface area contributed by atoms with Crippen LogP contribution in [0.3, 0.4) is 0 Å². The molecule has 0 saturated heterocycles. The van der Waals surface area contributed by atoms with Crippen LogP contribution in [0.5, 0.6) is 11.5 Å². The molecule has 178 valence electrons. The fourth-order valence-corrected chi connectivity index (χ4v) is 5.39. The molecule has 0 bridgehead atoms. The summed E-state index contributed by atoms with van der Waals surface area (Å²) in [7, 11) is 3.27. The van der Waals surface area contributed by atoms with Crippen molar-refractivity contribution in [2.45, 2.75) is 39.4 Å². The molecule has 4 aromatic rings. The highest BCUT2D eigenvalue weighted by Crippen LogP contribution is 2.38. The zero-order chi connectivity index (χ0) is 24.2. The number of hydrogen-bond acceptors (Lipinski definition) is 9. The van der Waals surface area contributed by atoms with E-state index in [2.05, 4.69) is 45.7 Å². The normalized spacial score (nSPS) is 11.9. The van der Waals surface area contributed by atoms with Crippen LogP contribution in [0.15, 0.2) is 36.7 Å². The lowest BCUT2D eigenvalue weighted by Gasteiger charge is -2.18. The molecule has 0 aliphatic heterocycles. The minimum absolute atomic E-state index is 0.263. The van der Waals surface area contributed by atoms with Crippen LogP contribution in [0.1, 0.15) is 28.1 Å². The number of thiazole rings is 1. The van der Waals surface area contributed by atoms with Gasteiger partial charge in [-0.05, 0) is 56.5 Å². The van der Waals surface area contributed by atoms with Crippen molar-refractivity contribution in [3.05, 3.63) is 57.8 Å². The highest BCUT2D eigenvalue weighted by molar-refractivity contribution is 8.01. The molecule has 3 heterocycles. The number of nitrogens with zero attached hydrogens (tertiary/aromatic N) is 5. The van der Waals surface area contributed by atoms with E-state index in [1.54, 1.807) is 43.7 Å². The van der Waals surface area contributed by atoms with Gasteiger partial charge in [0.25, 0.3) is 0 Å². The summed E-state index contributed by atoms with van der Waals surface area (Å²) in [5.74, 6) is 2.51. The van der Waals surface area contributed by atoms with Crippen LogP contribution in [0.2, 0.25) is 0 Å². The molecule has 1 aromatic carbocycles. The molecule has 0 aliphatic rings. The van der Waals surface area contributed by atoms with Crippen molar-refractivity contribution in [1.82, 2.24) is 24.7 Å². The zero-order valence-corrected chi connectivity index (χ0v) is 21.8. The average molecular weight is 497 g/mol. The van der Waals surface area contributed by atoms with Crippen LogP contribution in [0.4, 0.5) is 5.95 Å².